The summed E-state index contributed by atoms with van der Waals surface area (Å²) in [5, 5.41) is 4.53. The van der Waals surface area contributed by atoms with Gasteiger partial charge in [-0.1, -0.05) is 61.2 Å². The number of carbonyl (C=O) groups is 1. The number of anilines is 1. The van der Waals surface area contributed by atoms with Gasteiger partial charge in [-0.2, -0.15) is 11.8 Å². The van der Waals surface area contributed by atoms with Crippen LogP contribution in [0.25, 0.3) is 0 Å². The monoisotopic (exact) mass is 595 g/mol. The lowest BCUT2D eigenvalue weighted by atomic mass is 9.68. The zero-order valence-corrected chi connectivity index (χ0v) is 26.4. The van der Waals surface area contributed by atoms with E-state index in [-0.39, 0.29) is 17.6 Å². The van der Waals surface area contributed by atoms with E-state index in [1.165, 1.54) is 44.8 Å². The van der Waals surface area contributed by atoms with Crippen molar-refractivity contribution in [3.8, 4) is 0 Å². The lowest BCUT2D eigenvalue weighted by Crippen LogP contribution is -2.59. The predicted molar refractivity (Wildman–Crippen MR) is 173 cm³/mol. The molecule has 1 N–H and O–H groups in total. The van der Waals surface area contributed by atoms with Gasteiger partial charge >= 0.3 is 5.97 Å². The molecule has 2 unspecified atom stereocenters. The Labute approximate surface area is 255 Å². The highest BCUT2D eigenvalue weighted by Gasteiger charge is 2.56. The van der Waals surface area contributed by atoms with E-state index < -0.39 is 5.54 Å². The van der Waals surface area contributed by atoms with Gasteiger partial charge < -0.3 is 15.0 Å². The number of hydrogen-bond donors (Lipinski definition) is 1. The zero-order chi connectivity index (χ0) is 28.9. The van der Waals surface area contributed by atoms with Crippen LogP contribution in [0.5, 0.6) is 0 Å². The fourth-order valence-corrected chi connectivity index (χ4v) is 8.82. The second-order valence-corrected chi connectivity index (χ2v) is 14.2. The standard InChI is InChI=1S/C34H46ClN3O2S/c1-33(2,37-29-20-18-28(35)19-21-29)27-16-14-26(15-17-27)31-34(32(39)40-3,23-41-22-25-10-6-4-7-11-25)36-24-38(31)30-12-8-5-9-13-30/h4,6-7,10-11,18-21,24,26-27,30-31,37H,5,8-9,12-17,22-23H2,1-3H3. The molecule has 2 aromatic carbocycles. The van der Waals surface area contributed by atoms with Crippen molar-refractivity contribution >= 4 is 41.4 Å². The number of esters is 1. The van der Waals surface area contributed by atoms with E-state index in [0.717, 1.165) is 42.1 Å². The van der Waals surface area contributed by atoms with Crippen LogP contribution >= 0.6 is 23.4 Å². The molecule has 2 fully saturated rings. The number of carbonyl (C=O) groups excluding carboxylic acids is 1. The number of halogens is 1. The summed E-state index contributed by atoms with van der Waals surface area (Å²) in [6.07, 6.45) is 12.7. The smallest absolute Gasteiger partial charge is 0.336 e. The van der Waals surface area contributed by atoms with E-state index in [9.17, 15) is 4.79 Å². The molecule has 2 aliphatic carbocycles. The molecule has 0 bridgehead atoms. The van der Waals surface area contributed by atoms with Gasteiger partial charge in [0.15, 0.2) is 5.54 Å². The number of nitrogens with one attached hydrogen (secondary N) is 1. The normalized spacial score (nSPS) is 27.1. The van der Waals surface area contributed by atoms with E-state index in [1.54, 1.807) is 0 Å². The minimum Gasteiger partial charge on any atom is -0.467 e. The average molecular weight is 596 g/mol. The highest BCUT2D eigenvalue weighted by atomic mass is 35.5. The SMILES string of the molecule is COC(=O)C1(CSCc2ccccc2)N=CN(C2CCCCC2)C1C1CCC(C(C)(C)Nc2ccc(Cl)cc2)CC1. The molecule has 0 amide bonds. The number of hydrogen-bond acceptors (Lipinski definition) is 6. The third kappa shape index (κ3) is 6.91. The number of nitrogens with zero attached hydrogens (tertiary/aromatic N) is 2. The molecule has 0 saturated heterocycles. The molecule has 1 aliphatic heterocycles. The first-order valence-corrected chi connectivity index (χ1v) is 16.9. The predicted octanol–water partition coefficient (Wildman–Crippen LogP) is 8.23. The summed E-state index contributed by atoms with van der Waals surface area (Å²) in [5.74, 6) is 2.27. The van der Waals surface area contributed by atoms with Gasteiger partial charge in [0, 0.05) is 33.8 Å². The fraction of sp³-hybridized carbons (Fsp3) is 0.588. The van der Waals surface area contributed by atoms with E-state index >= 15 is 0 Å². The quantitative estimate of drug-likeness (QED) is 0.280. The topological polar surface area (TPSA) is 53.9 Å². The Kier molecular flexibility index (Phi) is 9.91. The van der Waals surface area contributed by atoms with Crippen LogP contribution in [-0.2, 0) is 15.3 Å². The van der Waals surface area contributed by atoms with Gasteiger partial charge in [0.2, 0.25) is 0 Å². The van der Waals surface area contributed by atoms with Crippen LogP contribution < -0.4 is 5.32 Å². The molecule has 5 nitrogen and oxygen atoms in total. The molecule has 2 saturated carbocycles. The van der Waals surface area contributed by atoms with E-state index in [4.69, 9.17) is 21.3 Å². The van der Waals surface area contributed by atoms with Crippen molar-refractivity contribution < 1.29 is 9.53 Å². The van der Waals surface area contributed by atoms with Crippen molar-refractivity contribution in [2.45, 2.75) is 101 Å². The maximum Gasteiger partial charge on any atom is 0.336 e. The summed E-state index contributed by atoms with van der Waals surface area (Å²) in [6, 6.07) is 19.0. The van der Waals surface area contributed by atoms with Crippen molar-refractivity contribution in [1.29, 1.82) is 0 Å². The summed E-state index contributed by atoms with van der Waals surface area (Å²) in [4.78, 5) is 21.3. The number of aliphatic imine (C=N–C) groups is 1. The lowest BCUT2D eigenvalue weighted by Gasteiger charge is -2.48. The molecule has 7 heteroatoms. The second kappa shape index (κ2) is 13.4. The van der Waals surface area contributed by atoms with Gasteiger partial charge in [0.1, 0.15) is 0 Å². The van der Waals surface area contributed by atoms with E-state index in [0.29, 0.717) is 23.6 Å². The molecule has 2 aromatic rings. The largest absolute Gasteiger partial charge is 0.467 e. The molecule has 3 aliphatic rings. The molecule has 222 valence electrons. The number of rotatable bonds is 10. The van der Waals surface area contributed by atoms with E-state index in [2.05, 4.69) is 60.5 Å². The van der Waals surface area contributed by atoms with Crippen molar-refractivity contribution in [1.82, 2.24) is 4.90 Å². The third-order valence-corrected chi connectivity index (χ3v) is 11.2. The molecule has 41 heavy (non-hydrogen) atoms. The molecule has 0 radical (unpaired) electrons. The van der Waals surface area contributed by atoms with Gasteiger partial charge in [0.25, 0.3) is 0 Å². The highest BCUT2D eigenvalue weighted by molar-refractivity contribution is 7.98. The lowest BCUT2D eigenvalue weighted by molar-refractivity contribution is -0.148. The fourth-order valence-electron chi connectivity index (χ4n) is 7.49. The molecular formula is C34H46ClN3O2S. The van der Waals surface area contributed by atoms with Crippen LogP contribution in [-0.4, -0.2) is 53.2 Å². The molecule has 2 atom stereocenters. The maximum absolute atomic E-state index is 13.7. The summed E-state index contributed by atoms with van der Waals surface area (Å²) in [6.45, 7) is 4.64. The van der Waals surface area contributed by atoms with Crippen LogP contribution in [0, 0.1) is 11.8 Å². The number of benzene rings is 2. The molecule has 1 heterocycles. The average Bonchev–Trinajstić information content (AvgIpc) is 3.39. The summed E-state index contributed by atoms with van der Waals surface area (Å²) in [5.41, 5.74) is 1.48. The first-order valence-electron chi connectivity index (χ1n) is 15.4. The van der Waals surface area contributed by atoms with Crippen LogP contribution in [0.1, 0.15) is 77.2 Å². The summed E-state index contributed by atoms with van der Waals surface area (Å²) in [7, 11) is 1.53. The Bertz CT molecular complexity index is 1160. The highest BCUT2D eigenvalue weighted by Crippen LogP contribution is 2.46. The zero-order valence-electron chi connectivity index (χ0n) is 24.9. The van der Waals surface area contributed by atoms with Crippen LogP contribution in [0.15, 0.2) is 59.6 Å². The van der Waals surface area contributed by atoms with Gasteiger partial charge in [-0.3, -0.25) is 4.99 Å². The minimum absolute atomic E-state index is 0.0427. The Balaban J connectivity index is 1.34. The van der Waals surface area contributed by atoms with Crippen LogP contribution in [0.4, 0.5) is 5.69 Å². The first kappa shape index (κ1) is 30.3. The minimum atomic E-state index is -0.861. The number of thioether (sulfide) groups is 1. The third-order valence-electron chi connectivity index (χ3n) is 9.75. The number of ether oxygens (including phenoxy) is 1. The maximum atomic E-state index is 13.7. The number of methoxy groups -OCH3 is 1. The van der Waals surface area contributed by atoms with Crippen molar-refractivity contribution in [3.63, 3.8) is 0 Å². The summed E-state index contributed by atoms with van der Waals surface area (Å²) < 4.78 is 5.54. The molecule has 5 rings (SSSR count). The van der Waals surface area contributed by atoms with Crippen molar-refractivity contribution in [3.05, 3.63) is 65.2 Å². The molecular weight excluding hydrogens is 550 g/mol. The van der Waals surface area contributed by atoms with Crippen LogP contribution in [0.3, 0.4) is 0 Å². The van der Waals surface area contributed by atoms with Gasteiger partial charge in [-0.15, -0.1) is 0 Å². The van der Waals surface area contributed by atoms with E-state index in [1.807, 2.05) is 36.3 Å². The Morgan fingerprint density at radius 1 is 1.02 bits per heavy atom. The van der Waals surface area contributed by atoms with Gasteiger partial charge in [-0.25, -0.2) is 4.79 Å². The van der Waals surface area contributed by atoms with Crippen molar-refractivity contribution in [2.75, 3.05) is 18.2 Å². The molecule has 0 aromatic heterocycles. The van der Waals surface area contributed by atoms with Gasteiger partial charge in [0.05, 0.1) is 19.5 Å². The Hall–Kier alpha value is -2.18. The van der Waals surface area contributed by atoms with Crippen LogP contribution in [0.2, 0.25) is 5.02 Å². The Morgan fingerprint density at radius 2 is 1.71 bits per heavy atom. The van der Waals surface area contributed by atoms with Gasteiger partial charge in [-0.05, 0) is 94.0 Å². The summed E-state index contributed by atoms with van der Waals surface area (Å²) >= 11 is 7.93. The first-order chi connectivity index (χ1) is 19.8. The second-order valence-electron chi connectivity index (χ2n) is 12.8. The molecule has 0 spiro atoms. The Morgan fingerprint density at radius 3 is 2.37 bits per heavy atom. The van der Waals surface area contributed by atoms with Crippen molar-refractivity contribution in [2.24, 2.45) is 16.8 Å².